The lowest BCUT2D eigenvalue weighted by molar-refractivity contribution is 0.412. The zero-order chi connectivity index (χ0) is 11.1. The maximum atomic E-state index is 5.19. The number of methoxy groups -OCH3 is 1. The van der Waals surface area contributed by atoms with Crippen molar-refractivity contribution >= 4 is 15.9 Å². The van der Waals surface area contributed by atoms with Crippen LogP contribution in [0.2, 0.25) is 0 Å². The molecule has 3 heteroatoms. The third kappa shape index (κ3) is 4.22. The minimum atomic E-state index is 0.897. The smallest absolute Gasteiger partial charge is 0.133 e. The highest BCUT2D eigenvalue weighted by molar-refractivity contribution is 9.10. The first kappa shape index (κ1) is 12.5. The Hall–Kier alpha value is -0.540. The summed E-state index contributed by atoms with van der Waals surface area (Å²) >= 11 is 3.49. The predicted molar refractivity (Wildman–Crippen MR) is 67.6 cm³/mol. The van der Waals surface area contributed by atoms with Gasteiger partial charge in [-0.1, -0.05) is 6.07 Å². The Morgan fingerprint density at radius 3 is 2.73 bits per heavy atom. The van der Waals surface area contributed by atoms with Crippen LogP contribution in [0.25, 0.3) is 0 Å². The topological polar surface area (TPSA) is 21.3 Å². The normalized spacial score (nSPS) is 10.3. The van der Waals surface area contributed by atoms with Gasteiger partial charge in [0.15, 0.2) is 0 Å². The molecule has 0 saturated carbocycles. The van der Waals surface area contributed by atoms with Gasteiger partial charge in [-0.3, -0.25) is 0 Å². The van der Waals surface area contributed by atoms with E-state index in [1.165, 1.54) is 18.4 Å². The van der Waals surface area contributed by atoms with E-state index in [-0.39, 0.29) is 0 Å². The van der Waals surface area contributed by atoms with Crippen LogP contribution in [-0.2, 0) is 6.42 Å². The maximum absolute atomic E-state index is 5.19. The van der Waals surface area contributed by atoms with Gasteiger partial charge in [0.1, 0.15) is 5.75 Å². The third-order valence-electron chi connectivity index (χ3n) is 2.36. The molecule has 0 radical (unpaired) electrons. The summed E-state index contributed by atoms with van der Waals surface area (Å²) in [6, 6.07) is 6.28. The Bertz CT molecular complexity index is 302. The summed E-state index contributed by atoms with van der Waals surface area (Å²) < 4.78 is 6.22. The molecule has 1 N–H and O–H groups in total. The number of benzene rings is 1. The van der Waals surface area contributed by atoms with E-state index in [2.05, 4.69) is 33.4 Å². The summed E-state index contributed by atoms with van der Waals surface area (Å²) in [5, 5.41) is 3.15. The first-order valence-corrected chi connectivity index (χ1v) is 6.04. The standard InChI is InChI=1S/C12H18BrNO/c1-14-8-4-3-5-10-6-7-12(15-2)11(13)9-10/h6-7,9,14H,3-5,8H2,1-2H3. The van der Waals surface area contributed by atoms with E-state index in [1.54, 1.807) is 7.11 Å². The number of ether oxygens (including phenoxy) is 1. The van der Waals surface area contributed by atoms with Gasteiger partial charge >= 0.3 is 0 Å². The summed E-state index contributed by atoms with van der Waals surface area (Å²) in [6.45, 7) is 1.09. The molecule has 1 aromatic carbocycles. The number of rotatable bonds is 6. The molecule has 1 aromatic rings. The average molecular weight is 272 g/mol. The van der Waals surface area contributed by atoms with Gasteiger partial charge in [-0.05, 0) is 66.5 Å². The van der Waals surface area contributed by atoms with Gasteiger partial charge in [0.2, 0.25) is 0 Å². The predicted octanol–water partition coefficient (Wildman–Crippen LogP) is 3.00. The van der Waals surface area contributed by atoms with Crippen molar-refractivity contribution in [1.82, 2.24) is 5.32 Å². The van der Waals surface area contributed by atoms with Crippen molar-refractivity contribution in [2.24, 2.45) is 0 Å². The highest BCUT2D eigenvalue weighted by Crippen LogP contribution is 2.25. The molecule has 15 heavy (non-hydrogen) atoms. The Balaban J connectivity index is 2.45. The van der Waals surface area contributed by atoms with E-state index in [1.807, 2.05) is 13.1 Å². The fraction of sp³-hybridized carbons (Fsp3) is 0.500. The lowest BCUT2D eigenvalue weighted by atomic mass is 10.1. The minimum Gasteiger partial charge on any atom is -0.496 e. The van der Waals surface area contributed by atoms with Crippen LogP contribution in [0.5, 0.6) is 5.75 Å². The quantitative estimate of drug-likeness (QED) is 0.804. The first-order chi connectivity index (χ1) is 7.27. The average Bonchev–Trinajstić information content (AvgIpc) is 2.25. The summed E-state index contributed by atoms with van der Waals surface area (Å²) in [6.07, 6.45) is 3.57. The third-order valence-corrected chi connectivity index (χ3v) is 2.98. The van der Waals surface area contributed by atoms with Crippen molar-refractivity contribution < 1.29 is 4.74 Å². The highest BCUT2D eigenvalue weighted by Gasteiger charge is 2.00. The van der Waals surface area contributed by atoms with Crippen molar-refractivity contribution in [3.05, 3.63) is 28.2 Å². The lowest BCUT2D eigenvalue weighted by Gasteiger charge is -2.06. The molecule has 0 atom stereocenters. The van der Waals surface area contributed by atoms with Gasteiger partial charge in [-0.25, -0.2) is 0 Å². The Morgan fingerprint density at radius 2 is 2.13 bits per heavy atom. The van der Waals surface area contributed by atoms with E-state index in [4.69, 9.17) is 4.74 Å². The van der Waals surface area contributed by atoms with Crippen LogP contribution < -0.4 is 10.1 Å². The summed E-state index contributed by atoms with van der Waals surface area (Å²) in [7, 11) is 3.68. The van der Waals surface area contributed by atoms with Crippen LogP contribution >= 0.6 is 15.9 Å². The van der Waals surface area contributed by atoms with Crippen LogP contribution in [0.3, 0.4) is 0 Å². The van der Waals surface area contributed by atoms with Crippen molar-refractivity contribution in [3.63, 3.8) is 0 Å². The summed E-state index contributed by atoms with van der Waals surface area (Å²) in [4.78, 5) is 0. The molecule has 0 amide bonds. The van der Waals surface area contributed by atoms with E-state index in [0.29, 0.717) is 0 Å². The van der Waals surface area contributed by atoms with Gasteiger partial charge in [0.05, 0.1) is 11.6 Å². The Labute approximate surface area is 100 Å². The highest BCUT2D eigenvalue weighted by atomic mass is 79.9. The molecule has 0 aliphatic heterocycles. The summed E-state index contributed by atoms with van der Waals surface area (Å²) in [5.41, 5.74) is 1.36. The molecule has 0 unspecified atom stereocenters. The maximum Gasteiger partial charge on any atom is 0.133 e. The molecular formula is C12H18BrNO. The van der Waals surface area contributed by atoms with E-state index < -0.39 is 0 Å². The molecule has 0 bridgehead atoms. The van der Waals surface area contributed by atoms with Crippen LogP contribution in [0.1, 0.15) is 18.4 Å². The number of hydrogen-bond acceptors (Lipinski definition) is 2. The molecule has 0 aromatic heterocycles. The Morgan fingerprint density at radius 1 is 1.33 bits per heavy atom. The van der Waals surface area contributed by atoms with Crippen molar-refractivity contribution in [2.75, 3.05) is 20.7 Å². The van der Waals surface area contributed by atoms with Crippen molar-refractivity contribution in [3.8, 4) is 5.75 Å². The number of hydrogen-bond donors (Lipinski definition) is 1. The molecule has 1 rings (SSSR count). The molecule has 0 fully saturated rings. The van der Waals surface area contributed by atoms with E-state index in [9.17, 15) is 0 Å². The number of unbranched alkanes of at least 4 members (excludes halogenated alkanes) is 1. The first-order valence-electron chi connectivity index (χ1n) is 5.25. The molecule has 0 saturated heterocycles. The molecule has 0 heterocycles. The van der Waals surface area contributed by atoms with Gasteiger partial charge in [-0.2, -0.15) is 0 Å². The minimum absolute atomic E-state index is 0.897. The zero-order valence-electron chi connectivity index (χ0n) is 9.35. The van der Waals surface area contributed by atoms with Crippen LogP contribution in [0.4, 0.5) is 0 Å². The van der Waals surface area contributed by atoms with E-state index >= 15 is 0 Å². The molecular weight excluding hydrogens is 254 g/mol. The zero-order valence-corrected chi connectivity index (χ0v) is 10.9. The Kier molecular flexibility index (Phi) is 5.73. The molecule has 84 valence electrons. The van der Waals surface area contributed by atoms with Crippen LogP contribution in [0, 0.1) is 0 Å². The van der Waals surface area contributed by atoms with Gasteiger partial charge in [0.25, 0.3) is 0 Å². The molecule has 2 nitrogen and oxygen atoms in total. The van der Waals surface area contributed by atoms with E-state index in [0.717, 1.165) is 23.2 Å². The lowest BCUT2D eigenvalue weighted by Crippen LogP contribution is -2.07. The SMILES string of the molecule is CNCCCCc1ccc(OC)c(Br)c1. The fourth-order valence-electron chi connectivity index (χ4n) is 1.50. The summed E-state index contributed by atoms with van der Waals surface area (Å²) in [5.74, 6) is 0.897. The largest absolute Gasteiger partial charge is 0.496 e. The number of halogens is 1. The monoisotopic (exact) mass is 271 g/mol. The fourth-order valence-corrected chi connectivity index (χ4v) is 2.08. The van der Waals surface area contributed by atoms with Crippen molar-refractivity contribution in [2.45, 2.75) is 19.3 Å². The van der Waals surface area contributed by atoms with Gasteiger partial charge in [0, 0.05) is 0 Å². The second-order valence-corrected chi connectivity index (χ2v) is 4.38. The second kappa shape index (κ2) is 6.85. The molecule has 0 aliphatic rings. The second-order valence-electron chi connectivity index (χ2n) is 3.53. The van der Waals surface area contributed by atoms with Crippen LogP contribution in [0.15, 0.2) is 22.7 Å². The molecule has 0 aliphatic carbocycles. The number of nitrogens with one attached hydrogen (secondary N) is 1. The van der Waals surface area contributed by atoms with Crippen molar-refractivity contribution in [1.29, 1.82) is 0 Å². The molecule has 0 spiro atoms. The van der Waals surface area contributed by atoms with Gasteiger partial charge in [-0.15, -0.1) is 0 Å². The van der Waals surface area contributed by atoms with Gasteiger partial charge < -0.3 is 10.1 Å². The van der Waals surface area contributed by atoms with Crippen LogP contribution in [-0.4, -0.2) is 20.7 Å². The number of aryl methyl sites for hydroxylation is 1.